The van der Waals surface area contributed by atoms with Gasteiger partial charge in [-0.15, -0.1) is 0 Å². The minimum Gasteiger partial charge on any atom is -0.390 e. The van der Waals surface area contributed by atoms with Gasteiger partial charge in [0.15, 0.2) is 0 Å². The van der Waals surface area contributed by atoms with Crippen molar-refractivity contribution in [3.63, 3.8) is 0 Å². The average molecular weight is 448 g/mol. The van der Waals surface area contributed by atoms with Crippen molar-refractivity contribution in [3.05, 3.63) is 78.1 Å². The Hall–Kier alpha value is -3.25. The number of aromatic nitrogens is 1. The Bertz CT molecular complexity index is 1090. The van der Waals surface area contributed by atoms with Crippen LogP contribution in [0, 0.1) is 11.8 Å². The van der Waals surface area contributed by atoms with E-state index in [0.29, 0.717) is 17.9 Å². The van der Waals surface area contributed by atoms with Gasteiger partial charge in [-0.05, 0) is 36.6 Å². The summed E-state index contributed by atoms with van der Waals surface area (Å²) in [7, 11) is 1.60. The van der Waals surface area contributed by atoms with Gasteiger partial charge in [0, 0.05) is 30.7 Å². The van der Waals surface area contributed by atoms with Crippen LogP contribution < -0.4 is 10.6 Å². The molecule has 0 aliphatic carbocycles. The van der Waals surface area contributed by atoms with E-state index >= 15 is 0 Å². The summed E-state index contributed by atoms with van der Waals surface area (Å²) < 4.78 is 0. The smallest absolute Gasteiger partial charge is 0.254 e. The van der Waals surface area contributed by atoms with E-state index in [1.807, 2.05) is 68.4 Å². The predicted molar refractivity (Wildman–Crippen MR) is 131 cm³/mol. The van der Waals surface area contributed by atoms with Crippen molar-refractivity contribution in [1.82, 2.24) is 15.6 Å². The molecule has 0 radical (unpaired) electrons. The van der Waals surface area contributed by atoms with E-state index in [0.717, 1.165) is 16.3 Å². The summed E-state index contributed by atoms with van der Waals surface area (Å²) in [5.74, 6) is -0.518. The number of amides is 2. The molecule has 0 fully saturated rings. The zero-order valence-corrected chi connectivity index (χ0v) is 19.7. The first-order chi connectivity index (χ1) is 15.8. The molecule has 2 amide bonds. The highest BCUT2D eigenvalue weighted by molar-refractivity contribution is 6.06. The van der Waals surface area contributed by atoms with Crippen molar-refractivity contribution < 1.29 is 14.7 Å². The number of carbonyl (C=O) groups is 2. The molecule has 0 saturated carbocycles. The first kappa shape index (κ1) is 24.4. The molecular formula is C27H33N3O3. The Labute approximate surface area is 195 Å². The molecule has 0 aliphatic heterocycles. The lowest BCUT2D eigenvalue weighted by Gasteiger charge is -2.37. The Balaban J connectivity index is 1.97. The van der Waals surface area contributed by atoms with Crippen LogP contribution in [0.5, 0.6) is 0 Å². The third-order valence-electron chi connectivity index (χ3n) is 6.21. The van der Waals surface area contributed by atoms with Crippen LogP contribution in [-0.2, 0) is 10.3 Å². The van der Waals surface area contributed by atoms with Crippen LogP contribution in [0.4, 0.5) is 0 Å². The fourth-order valence-electron chi connectivity index (χ4n) is 4.32. The maximum atomic E-state index is 13.5. The lowest BCUT2D eigenvalue weighted by molar-refractivity contribution is -0.126. The standard InChI is InChI=1S/C27H33N3O3/c1-18(2)14-20(25(32)28-4)15-24(31)27(3,21-11-6-5-7-12-21)30-26(33)23-17-29-16-19-10-8-9-13-22(19)23/h5-13,16-18,20,24,31H,14-15H2,1-4H3,(H,28,32)(H,30,33). The average Bonchev–Trinajstić information content (AvgIpc) is 2.82. The molecule has 6 heteroatoms. The normalized spacial score (nSPS) is 15.0. The van der Waals surface area contributed by atoms with E-state index in [1.54, 1.807) is 26.4 Å². The molecule has 33 heavy (non-hydrogen) atoms. The molecule has 2 aromatic carbocycles. The van der Waals surface area contributed by atoms with E-state index < -0.39 is 11.6 Å². The molecule has 3 unspecified atom stereocenters. The van der Waals surface area contributed by atoms with Crippen molar-refractivity contribution in [2.24, 2.45) is 11.8 Å². The summed E-state index contributed by atoms with van der Waals surface area (Å²) in [6.07, 6.45) is 3.13. The molecule has 3 N–H and O–H groups in total. The van der Waals surface area contributed by atoms with Gasteiger partial charge in [0.1, 0.15) is 0 Å². The van der Waals surface area contributed by atoms with Gasteiger partial charge in [-0.25, -0.2) is 0 Å². The van der Waals surface area contributed by atoms with Crippen molar-refractivity contribution in [3.8, 4) is 0 Å². The first-order valence-corrected chi connectivity index (χ1v) is 11.4. The zero-order valence-electron chi connectivity index (χ0n) is 19.7. The van der Waals surface area contributed by atoms with Gasteiger partial charge in [-0.2, -0.15) is 0 Å². The number of fused-ring (bicyclic) bond motifs is 1. The number of hydrogen-bond donors (Lipinski definition) is 3. The van der Waals surface area contributed by atoms with Gasteiger partial charge >= 0.3 is 0 Å². The number of benzene rings is 2. The second kappa shape index (κ2) is 10.6. The summed E-state index contributed by atoms with van der Waals surface area (Å²) in [6, 6.07) is 17.0. The number of pyridine rings is 1. The van der Waals surface area contributed by atoms with E-state index in [1.165, 1.54) is 0 Å². The van der Waals surface area contributed by atoms with Crippen molar-refractivity contribution in [2.45, 2.75) is 45.3 Å². The highest BCUT2D eigenvalue weighted by Crippen LogP contribution is 2.31. The summed E-state index contributed by atoms with van der Waals surface area (Å²) in [5.41, 5.74) is 0.0881. The third kappa shape index (κ3) is 5.57. The van der Waals surface area contributed by atoms with E-state index in [2.05, 4.69) is 15.6 Å². The lowest BCUT2D eigenvalue weighted by Crippen LogP contribution is -2.53. The van der Waals surface area contributed by atoms with Crippen LogP contribution in [0.15, 0.2) is 67.0 Å². The molecule has 3 atom stereocenters. The van der Waals surface area contributed by atoms with Gasteiger partial charge < -0.3 is 15.7 Å². The topological polar surface area (TPSA) is 91.3 Å². The summed E-state index contributed by atoms with van der Waals surface area (Å²) in [4.78, 5) is 30.2. The van der Waals surface area contributed by atoms with Gasteiger partial charge in [-0.1, -0.05) is 68.4 Å². The summed E-state index contributed by atoms with van der Waals surface area (Å²) in [6.45, 7) is 5.90. The number of nitrogens with one attached hydrogen (secondary N) is 2. The Morgan fingerprint density at radius 1 is 1.00 bits per heavy atom. The first-order valence-electron chi connectivity index (χ1n) is 11.4. The third-order valence-corrected chi connectivity index (χ3v) is 6.21. The van der Waals surface area contributed by atoms with Gasteiger partial charge in [0.05, 0.1) is 17.2 Å². The second-order valence-corrected chi connectivity index (χ2v) is 9.12. The number of aliphatic hydroxyl groups is 1. The highest BCUT2D eigenvalue weighted by Gasteiger charge is 2.39. The van der Waals surface area contributed by atoms with Crippen LogP contribution in [0.2, 0.25) is 0 Å². The van der Waals surface area contributed by atoms with Crippen LogP contribution in [-0.4, -0.2) is 35.1 Å². The van der Waals surface area contributed by atoms with Crippen LogP contribution in [0.3, 0.4) is 0 Å². The maximum Gasteiger partial charge on any atom is 0.254 e. The minimum absolute atomic E-state index is 0.109. The molecule has 0 saturated heterocycles. The summed E-state index contributed by atoms with van der Waals surface area (Å²) in [5, 5.41) is 18.9. The predicted octanol–water partition coefficient (Wildman–Crippen LogP) is 4.04. The zero-order chi connectivity index (χ0) is 24.0. The van der Waals surface area contributed by atoms with Gasteiger partial charge in [-0.3, -0.25) is 14.6 Å². The Morgan fingerprint density at radius 3 is 2.33 bits per heavy atom. The largest absolute Gasteiger partial charge is 0.390 e. The minimum atomic E-state index is -1.11. The number of hydrogen-bond acceptors (Lipinski definition) is 4. The Kier molecular flexibility index (Phi) is 7.82. The van der Waals surface area contributed by atoms with E-state index in [4.69, 9.17) is 0 Å². The Morgan fingerprint density at radius 2 is 1.67 bits per heavy atom. The van der Waals surface area contributed by atoms with Crippen LogP contribution >= 0.6 is 0 Å². The molecule has 3 aromatic rings. The molecule has 1 aromatic heterocycles. The molecule has 0 spiro atoms. The van der Waals surface area contributed by atoms with Crippen molar-refractivity contribution in [1.29, 1.82) is 0 Å². The molecule has 174 valence electrons. The maximum absolute atomic E-state index is 13.5. The lowest BCUT2D eigenvalue weighted by atomic mass is 9.79. The monoisotopic (exact) mass is 447 g/mol. The molecule has 0 bridgehead atoms. The quantitative estimate of drug-likeness (QED) is 0.462. The van der Waals surface area contributed by atoms with Crippen LogP contribution in [0.25, 0.3) is 10.8 Å². The number of aliphatic hydroxyl groups excluding tert-OH is 1. The van der Waals surface area contributed by atoms with Gasteiger partial charge in [0.2, 0.25) is 5.91 Å². The summed E-state index contributed by atoms with van der Waals surface area (Å²) >= 11 is 0. The van der Waals surface area contributed by atoms with E-state index in [-0.39, 0.29) is 24.2 Å². The van der Waals surface area contributed by atoms with E-state index in [9.17, 15) is 14.7 Å². The molecule has 6 nitrogen and oxygen atoms in total. The fraction of sp³-hybridized carbons (Fsp3) is 0.370. The number of rotatable bonds is 9. The molecule has 3 rings (SSSR count). The number of carbonyl (C=O) groups excluding carboxylic acids is 2. The van der Waals surface area contributed by atoms with Crippen molar-refractivity contribution >= 4 is 22.6 Å². The second-order valence-electron chi connectivity index (χ2n) is 9.12. The highest BCUT2D eigenvalue weighted by atomic mass is 16.3. The molecule has 1 heterocycles. The molecular weight excluding hydrogens is 414 g/mol. The SMILES string of the molecule is CNC(=O)C(CC(C)C)CC(O)C(C)(NC(=O)c1cncc2ccccc12)c1ccccc1. The molecule has 0 aliphatic rings. The fourth-order valence-corrected chi connectivity index (χ4v) is 4.32. The van der Waals surface area contributed by atoms with Crippen LogP contribution in [0.1, 0.15) is 49.5 Å². The van der Waals surface area contributed by atoms with Gasteiger partial charge in [0.25, 0.3) is 5.91 Å². The number of nitrogens with zero attached hydrogens (tertiary/aromatic N) is 1. The van der Waals surface area contributed by atoms with Crippen molar-refractivity contribution in [2.75, 3.05) is 7.05 Å².